The van der Waals surface area contributed by atoms with Crippen molar-refractivity contribution in [3.63, 3.8) is 0 Å². The Bertz CT molecular complexity index is 3040. The van der Waals surface area contributed by atoms with Crippen molar-refractivity contribution < 1.29 is 0 Å². The summed E-state index contributed by atoms with van der Waals surface area (Å²) in [5, 5.41) is 0. The lowest BCUT2D eigenvalue weighted by molar-refractivity contribution is 0.620. The molecular weight excluding hydrogens is 753 g/mol. The van der Waals surface area contributed by atoms with E-state index in [1.807, 2.05) is 83.5 Å². The molecule has 0 N–H and O–H groups in total. The number of hydrogen-bond donors (Lipinski definition) is 0. The average molecular weight is 791 g/mol. The minimum Gasteiger partial charge on any atom is -0.354 e. The number of imidazole rings is 1. The maximum Gasteiger partial charge on any atom is 0.255 e. The first-order chi connectivity index (χ1) is 29.6. The summed E-state index contributed by atoms with van der Waals surface area (Å²) in [5.41, 5.74) is 8.70. The van der Waals surface area contributed by atoms with Gasteiger partial charge in [-0.2, -0.15) is 0 Å². The predicted octanol–water partition coefficient (Wildman–Crippen LogP) is 6.74. The van der Waals surface area contributed by atoms with Crippen LogP contribution < -0.4 is 20.9 Å². The van der Waals surface area contributed by atoms with Crippen LogP contribution in [0.15, 0.2) is 168 Å². The second kappa shape index (κ2) is 15.7. The number of hydrogen-bond acceptors (Lipinski definition) is 10. The maximum atomic E-state index is 13.1. The number of fused-ring (bicyclic) bond motifs is 5. The quantitative estimate of drug-likeness (QED) is 0.163. The first kappa shape index (κ1) is 36.3. The summed E-state index contributed by atoms with van der Waals surface area (Å²) in [6.45, 7) is 3.19. The first-order valence-corrected chi connectivity index (χ1v) is 19.7. The van der Waals surface area contributed by atoms with Gasteiger partial charge in [-0.25, -0.2) is 24.9 Å². The van der Waals surface area contributed by atoms with Gasteiger partial charge in [0, 0.05) is 85.5 Å². The van der Waals surface area contributed by atoms with Crippen molar-refractivity contribution in [2.45, 2.75) is 32.6 Å². The van der Waals surface area contributed by atoms with Crippen LogP contribution in [-0.4, -0.2) is 54.6 Å². The summed E-state index contributed by atoms with van der Waals surface area (Å²) >= 11 is 0. The standard InChI is InChI=1S/C24H18N6O.C22H20N6O/c31-23-13-20(17-8-10-25-11-9-17)27-24-29(21-6-2-1-5-18(21)14-30(23)24)16-19-15-28-12-4-3-7-22(28)26-19;29-21-14-19(18-8-9-23-16-24-18)25-22-27(13-5-12-26-10-3-4-11-26)20-7-2-1-6-17(20)15-28(21)22/h1-13,15H,14,16H2;1-4,6-11,14,16H,5,12-13,15H2. The van der Waals surface area contributed by atoms with E-state index in [0.717, 1.165) is 58.9 Å². The van der Waals surface area contributed by atoms with Crippen LogP contribution in [0.4, 0.5) is 23.3 Å². The molecule has 294 valence electrons. The van der Waals surface area contributed by atoms with Crippen LogP contribution in [0.2, 0.25) is 0 Å². The van der Waals surface area contributed by atoms with Crippen molar-refractivity contribution in [3.8, 4) is 22.6 Å². The minimum atomic E-state index is -0.0775. The van der Waals surface area contributed by atoms with Crippen molar-refractivity contribution in [1.29, 1.82) is 0 Å². The molecule has 14 heteroatoms. The van der Waals surface area contributed by atoms with Gasteiger partial charge in [0.2, 0.25) is 11.9 Å². The fraction of sp³-hybridized carbons (Fsp3) is 0.130. The Morgan fingerprint density at radius 1 is 0.567 bits per heavy atom. The fourth-order valence-electron chi connectivity index (χ4n) is 7.85. The summed E-state index contributed by atoms with van der Waals surface area (Å²) in [6, 6.07) is 35.0. The summed E-state index contributed by atoms with van der Waals surface area (Å²) in [5.74, 6) is 1.28. The van der Waals surface area contributed by atoms with Gasteiger partial charge in [0.15, 0.2) is 0 Å². The van der Waals surface area contributed by atoms with Crippen LogP contribution in [0.5, 0.6) is 0 Å². The zero-order valence-corrected chi connectivity index (χ0v) is 32.4. The molecule has 0 spiro atoms. The number of aryl methyl sites for hydroxylation is 1. The Morgan fingerprint density at radius 3 is 1.92 bits per heavy atom. The van der Waals surface area contributed by atoms with Gasteiger partial charge in [0.1, 0.15) is 12.0 Å². The fourth-order valence-corrected chi connectivity index (χ4v) is 7.85. The van der Waals surface area contributed by atoms with Crippen molar-refractivity contribution in [2.75, 3.05) is 16.3 Å². The molecule has 14 nitrogen and oxygen atoms in total. The van der Waals surface area contributed by atoms with Crippen LogP contribution in [0.25, 0.3) is 28.3 Å². The maximum absolute atomic E-state index is 13.1. The molecule has 0 unspecified atom stereocenters. The molecule has 0 amide bonds. The lowest BCUT2D eigenvalue weighted by Crippen LogP contribution is -2.35. The van der Waals surface area contributed by atoms with Gasteiger partial charge in [-0.1, -0.05) is 42.5 Å². The molecule has 0 aliphatic carbocycles. The van der Waals surface area contributed by atoms with E-state index in [1.54, 1.807) is 45.9 Å². The van der Waals surface area contributed by atoms with Crippen LogP contribution in [0.3, 0.4) is 0 Å². The monoisotopic (exact) mass is 790 g/mol. The number of pyridine rings is 2. The topological polar surface area (TPSA) is 137 Å². The molecule has 9 aromatic rings. The molecular formula is C46H38N12O2. The molecule has 7 aromatic heterocycles. The van der Waals surface area contributed by atoms with Gasteiger partial charge in [0.05, 0.1) is 42.4 Å². The van der Waals surface area contributed by atoms with Gasteiger partial charge in [-0.3, -0.25) is 23.7 Å². The third kappa shape index (κ3) is 7.10. The minimum absolute atomic E-state index is 0.0754. The number of anilines is 4. The van der Waals surface area contributed by atoms with Gasteiger partial charge in [0.25, 0.3) is 11.1 Å². The van der Waals surface area contributed by atoms with E-state index < -0.39 is 0 Å². The zero-order valence-electron chi connectivity index (χ0n) is 32.4. The van der Waals surface area contributed by atoms with Crippen LogP contribution in [0, 0.1) is 0 Å². The Morgan fingerprint density at radius 2 is 1.20 bits per heavy atom. The SMILES string of the molecule is O=c1cc(-c2ccncc2)nc2n1Cc1ccccc1N2Cc1cn2ccccc2n1.O=c1cc(-c2ccncn2)nc2n1Cc1ccccc1N2CCCn1cccc1. The van der Waals surface area contributed by atoms with Gasteiger partial charge in [-0.15, -0.1) is 0 Å². The highest BCUT2D eigenvalue weighted by Gasteiger charge is 2.27. The van der Waals surface area contributed by atoms with Crippen molar-refractivity contribution in [1.82, 2.24) is 48.0 Å². The molecule has 0 atom stereocenters. The summed E-state index contributed by atoms with van der Waals surface area (Å²) in [4.78, 5) is 57.0. The van der Waals surface area contributed by atoms with Gasteiger partial charge >= 0.3 is 0 Å². The molecule has 60 heavy (non-hydrogen) atoms. The van der Waals surface area contributed by atoms with Gasteiger partial charge in [-0.05, 0) is 72.1 Å². The van der Waals surface area contributed by atoms with E-state index >= 15 is 0 Å². The Kier molecular flexibility index (Phi) is 9.54. The lowest BCUT2D eigenvalue weighted by atomic mass is 10.1. The first-order valence-electron chi connectivity index (χ1n) is 19.7. The second-order valence-electron chi connectivity index (χ2n) is 14.5. The number of nitrogens with zero attached hydrogens (tertiary/aromatic N) is 12. The van der Waals surface area contributed by atoms with E-state index in [0.29, 0.717) is 48.6 Å². The largest absolute Gasteiger partial charge is 0.354 e. The molecule has 0 fully saturated rings. The third-order valence-corrected chi connectivity index (χ3v) is 10.7. The highest BCUT2D eigenvalue weighted by Crippen LogP contribution is 2.36. The highest BCUT2D eigenvalue weighted by atomic mass is 16.1. The molecule has 9 heterocycles. The van der Waals surface area contributed by atoms with E-state index in [9.17, 15) is 9.59 Å². The van der Waals surface area contributed by atoms with Crippen molar-refractivity contribution in [2.24, 2.45) is 0 Å². The molecule has 0 saturated heterocycles. The molecule has 0 radical (unpaired) electrons. The van der Waals surface area contributed by atoms with E-state index in [2.05, 4.69) is 66.0 Å². The van der Waals surface area contributed by atoms with Crippen molar-refractivity contribution in [3.05, 3.63) is 196 Å². The Labute approximate surface area is 344 Å². The van der Waals surface area contributed by atoms with Crippen LogP contribution >= 0.6 is 0 Å². The van der Waals surface area contributed by atoms with E-state index in [-0.39, 0.29) is 11.1 Å². The predicted molar refractivity (Wildman–Crippen MR) is 229 cm³/mol. The summed E-state index contributed by atoms with van der Waals surface area (Å²) in [7, 11) is 0. The molecule has 11 rings (SSSR count). The molecule has 2 aliphatic rings. The number of rotatable bonds is 8. The summed E-state index contributed by atoms with van der Waals surface area (Å²) < 4.78 is 7.62. The second-order valence-corrected chi connectivity index (χ2v) is 14.5. The molecule has 0 saturated carbocycles. The van der Waals surface area contributed by atoms with Crippen molar-refractivity contribution >= 4 is 28.9 Å². The molecule has 2 aliphatic heterocycles. The highest BCUT2D eigenvalue weighted by molar-refractivity contribution is 5.69. The Balaban J connectivity index is 0.000000145. The summed E-state index contributed by atoms with van der Waals surface area (Å²) in [6.07, 6.45) is 15.6. The average Bonchev–Trinajstić information content (AvgIpc) is 3.97. The molecule has 2 aromatic carbocycles. The van der Waals surface area contributed by atoms with Crippen LogP contribution in [-0.2, 0) is 26.2 Å². The lowest BCUT2D eigenvalue weighted by Gasteiger charge is -2.33. The smallest absolute Gasteiger partial charge is 0.255 e. The molecule has 0 bridgehead atoms. The van der Waals surface area contributed by atoms with E-state index in [1.165, 1.54) is 6.33 Å². The number of para-hydroxylation sites is 2. The van der Waals surface area contributed by atoms with Crippen LogP contribution in [0.1, 0.15) is 23.2 Å². The van der Waals surface area contributed by atoms with E-state index in [4.69, 9.17) is 15.0 Å². The third-order valence-electron chi connectivity index (χ3n) is 10.7. The normalized spacial score (nSPS) is 12.5. The van der Waals surface area contributed by atoms with Gasteiger partial charge < -0.3 is 18.8 Å². The zero-order chi connectivity index (χ0) is 40.4. The Hall–Kier alpha value is -8.00. The number of benzene rings is 2. The number of aromatic nitrogens is 10.